The normalized spacial score (nSPS) is 19.3. The summed E-state index contributed by atoms with van der Waals surface area (Å²) < 4.78 is 10.3. The van der Waals surface area contributed by atoms with Crippen molar-refractivity contribution in [3.05, 3.63) is 24.3 Å². The van der Waals surface area contributed by atoms with E-state index in [0.717, 1.165) is 5.69 Å². The van der Waals surface area contributed by atoms with Crippen molar-refractivity contribution in [1.82, 2.24) is 5.32 Å². The zero-order chi connectivity index (χ0) is 12.3. The van der Waals surface area contributed by atoms with Crippen molar-refractivity contribution < 1.29 is 14.3 Å². The van der Waals surface area contributed by atoms with Gasteiger partial charge >= 0.3 is 6.09 Å². The number of methoxy groups -OCH3 is 1. The van der Waals surface area contributed by atoms with Crippen LogP contribution >= 0.6 is 0 Å². The van der Waals surface area contributed by atoms with Gasteiger partial charge in [0.05, 0.1) is 18.8 Å². The van der Waals surface area contributed by atoms with Gasteiger partial charge in [0.1, 0.15) is 12.4 Å². The lowest BCUT2D eigenvalue weighted by molar-refractivity contribution is 0.178. The van der Waals surface area contributed by atoms with E-state index in [1.54, 1.807) is 12.0 Å². The Morgan fingerprint density at radius 3 is 3.00 bits per heavy atom. The maximum absolute atomic E-state index is 11.7. The minimum absolute atomic E-state index is 0.00352. The van der Waals surface area contributed by atoms with Gasteiger partial charge in [0.2, 0.25) is 0 Å². The second kappa shape index (κ2) is 5.05. The molecule has 0 radical (unpaired) electrons. The molecule has 0 saturated carbocycles. The van der Waals surface area contributed by atoms with E-state index in [9.17, 15) is 4.79 Å². The Hall–Kier alpha value is -1.75. The molecule has 0 bridgehead atoms. The monoisotopic (exact) mass is 236 g/mol. The first-order valence-electron chi connectivity index (χ1n) is 5.51. The van der Waals surface area contributed by atoms with Gasteiger partial charge in [-0.15, -0.1) is 0 Å². The molecule has 0 aliphatic carbocycles. The van der Waals surface area contributed by atoms with E-state index in [1.807, 2.05) is 31.3 Å². The first-order valence-corrected chi connectivity index (χ1v) is 5.51. The predicted octanol–water partition coefficient (Wildman–Crippen LogP) is 1.24. The SMILES string of the molecule is CNCC1COC(=O)N1c1ccccc1OC. The summed E-state index contributed by atoms with van der Waals surface area (Å²) in [5.74, 6) is 0.674. The standard InChI is InChI=1S/C12H16N2O3/c1-13-7-9-8-17-12(15)14(9)10-5-3-4-6-11(10)16-2/h3-6,9,13H,7-8H2,1-2H3. The highest BCUT2D eigenvalue weighted by molar-refractivity contribution is 5.92. The Balaban J connectivity index is 2.32. The number of benzene rings is 1. The summed E-state index contributed by atoms with van der Waals surface area (Å²) in [6.07, 6.45) is -0.324. The van der Waals surface area contributed by atoms with E-state index >= 15 is 0 Å². The summed E-state index contributed by atoms with van der Waals surface area (Å²) in [7, 11) is 3.44. The van der Waals surface area contributed by atoms with E-state index in [-0.39, 0.29) is 12.1 Å². The van der Waals surface area contributed by atoms with Gasteiger partial charge in [-0.25, -0.2) is 4.79 Å². The third kappa shape index (κ3) is 2.19. The number of hydrogen-bond donors (Lipinski definition) is 1. The Morgan fingerprint density at radius 1 is 1.53 bits per heavy atom. The maximum Gasteiger partial charge on any atom is 0.414 e. The number of likely N-dealkylation sites (N-methyl/N-ethyl adjacent to an activating group) is 1. The van der Waals surface area contributed by atoms with Crippen LogP contribution in [-0.2, 0) is 4.74 Å². The van der Waals surface area contributed by atoms with Crippen LogP contribution in [0.25, 0.3) is 0 Å². The van der Waals surface area contributed by atoms with Crippen molar-refractivity contribution in [3.63, 3.8) is 0 Å². The molecule has 2 rings (SSSR count). The molecular weight excluding hydrogens is 220 g/mol. The van der Waals surface area contributed by atoms with Gasteiger partial charge in [-0.3, -0.25) is 4.90 Å². The Labute approximate surface area is 100 Å². The summed E-state index contributed by atoms with van der Waals surface area (Å²) in [4.78, 5) is 13.4. The van der Waals surface area contributed by atoms with Crippen molar-refractivity contribution in [2.45, 2.75) is 6.04 Å². The Bertz CT molecular complexity index is 408. The number of nitrogens with one attached hydrogen (secondary N) is 1. The molecule has 1 amide bonds. The lowest BCUT2D eigenvalue weighted by Gasteiger charge is -2.22. The quantitative estimate of drug-likeness (QED) is 0.854. The number of cyclic esters (lactones) is 1. The zero-order valence-electron chi connectivity index (χ0n) is 9.97. The van der Waals surface area contributed by atoms with Gasteiger partial charge in [-0.05, 0) is 19.2 Å². The van der Waals surface area contributed by atoms with Crippen LogP contribution in [0.2, 0.25) is 0 Å². The molecule has 5 heteroatoms. The molecule has 92 valence electrons. The van der Waals surface area contributed by atoms with Gasteiger partial charge in [-0.1, -0.05) is 12.1 Å². The smallest absolute Gasteiger partial charge is 0.414 e. The molecule has 1 N–H and O–H groups in total. The van der Waals surface area contributed by atoms with Gasteiger partial charge in [0.25, 0.3) is 0 Å². The number of carbonyl (C=O) groups is 1. The van der Waals surface area contributed by atoms with Crippen molar-refractivity contribution >= 4 is 11.8 Å². The fourth-order valence-corrected chi connectivity index (χ4v) is 1.97. The summed E-state index contributed by atoms with van der Waals surface area (Å²) in [6.45, 7) is 1.08. The fourth-order valence-electron chi connectivity index (χ4n) is 1.97. The third-order valence-electron chi connectivity index (χ3n) is 2.75. The van der Waals surface area contributed by atoms with Crippen LogP contribution in [0.1, 0.15) is 0 Å². The summed E-state index contributed by atoms with van der Waals surface area (Å²) in [5.41, 5.74) is 0.748. The number of rotatable bonds is 4. The second-order valence-corrected chi connectivity index (χ2v) is 3.83. The van der Waals surface area contributed by atoms with E-state index in [1.165, 1.54) is 0 Å². The minimum Gasteiger partial charge on any atom is -0.495 e. The number of anilines is 1. The lowest BCUT2D eigenvalue weighted by atomic mass is 10.2. The van der Waals surface area contributed by atoms with Gasteiger partial charge in [0.15, 0.2) is 0 Å². The molecule has 1 atom stereocenters. The molecule has 1 unspecified atom stereocenters. The summed E-state index contributed by atoms with van der Waals surface area (Å²) >= 11 is 0. The molecule has 0 aromatic heterocycles. The molecule has 0 spiro atoms. The molecule has 1 aliphatic heterocycles. The van der Waals surface area contributed by atoms with E-state index in [4.69, 9.17) is 9.47 Å². The molecule has 1 aliphatic rings. The van der Waals surface area contributed by atoms with Gasteiger partial charge in [-0.2, -0.15) is 0 Å². The first-order chi connectivity index (χ1) is 8.27. The lowest BCUT2D eigenvalue weighted by Crippen LogP contribution is -2.40. The number of para-hydroxylation sites is 2. The molecule has 1 aromatic rings. The molecule has 17 heavy (non-hydrogen) atoms. The highest BCUT2D eigenvalue weighted by atomic mass is 16.6. The second-order valence-electron chi connectivity index (χ2n) is 3.83. The summed E-state index contributed by atoms with van der Waals surface area (Å²) in [5, 5.41) is 3.05. The van der Waals surface area contributed by atoms with Crippen LogP contribution in [0.4, 0.5) is 10.5 Å². The summed E-state index contributed by atoms with van der Waals surface area (Å²) in [6, 6.07) is 7.44. The number of carbonyl (C=O) groups excluding carboxylic acids is 1. The highest BCUT2D eigenvalue weighted by Gasteiger charge is 2.35. The number of amides is 1. The van der Waals surface area contributed by atoms with Crippen LogP contribution in [0.15, 0.2) is 24.3 Å². The van der Waals surface area contributed by atoms with Crippen LogP contribution < -0.4 is 15.0 Å². The minimum atomic E-state index is -0.324. The highest BCUT2D eigenvalue weighted by Crippen LogP contribution is 2.31. The van der Waals surface area contributed by atoms with Crippen LogP contribution in [0, 0.1) is 0 Å². The van der Waals surface area contributed by atoms with E-state index in [2.05, 4.69) is 5.32 Å². The average Bonchev–Trinajstić information content (AvgIpc) is 2.71. The number of hydrogen-bond acceptors (Lipinski definition) is 4. The number of ether oxygens (including phenoxy) is 2. The fraction of sp³-hybridized carbons (Fsp3) is 0.417. The zero-order valence-corrected chi connectivity index (χ0v) is 9.97. The van der Waals surface area contributed by atoms with E-state index < -0.39 is 0 Å². The van der Waals surface area contributed by atoms with Crippen molar-refractivity contribution in [3.8, 4) is 5.75 Å². The van der Waals surface area contributed by atoms with Gasteiger partial charge in [0, 0.05) is 6.54 Å². The van der Waals surface area contributed by atoms with Crippen molar-refractivity contribution in [2.75, 3.05) is 32.2 Å². The molecular formula is C12H16N2O3. The van der Waals surface area contributed by atoms with Crippen LogP contribution in [0.5, 0.6) is 5.75 Å². The molecule has 1 heterocycles. The third-order valence-corrected chi connectivity index (χ3v) is 2.75. The topological polar surface area (TPSA) is 50.8 Å². The Morgan fingerprint density at radius 2 is 2.29 bits per heavy atom. The van der Waals surface area contributed by atoms with Crippen LogP contribution in [0.3, 0.4) is 0 Å². The number of nitrogens with zero attached hydrogens (tertiary/aromatic N) is 1. The largest absolute Gasteiger partial charge is 0.495 e. The average molecular weight is 236 g/mol. The van der Waals surface area contributed by atoms with Crippen LogP contribution in [-0.4, -0.2) is 39.4 Å². The molecule has 5 nitrogen and oxygen atoms in total. The van der Waals surface area contributed by atoms with Crippen molar-refractivity contribution in [1.29, 1.82) is 0 Å². The molecule has 1 saturated heterocycles. The maximum atomic E-state index is 11.7. The van der Waals surface area contributed by atoms with Gasteiger partial charge < -0.3 is 14.8 Å². The first kappa shape index (κ1) is 11.7. The molecule has 1 aromatic carbocycles. The van der Waals surface area contributed by atoms with E-state index in [0.29, 0.717) is 18.9 Å². The predicted molar refractivity (Wildman–Crippen MR) is 64.5 cm³/mol. The van der Waals surface area contributed by atoms with Crippen molar-refractivity contribution in [2.24, 2.45) is 0 Å². The Kier molecular flexibility index (Phi) is 3.49. The molecule has 1 fully saturated rings.